The summed E-state index contributed by atoms with van der Waals surface area (Å²) in [6.07, 6.45) is 0. The maximum Gasteiger partial charge on any atom is 0.354 e. The number of nitrogens with one attached hydrogen (secondary N) is 2. The first-order valence-electron chi connectivity index (χ1n) is 3.16. The van der Waals surface area contributed by atoms with Crippen LogP contribution in [0.3, 0.4) is 0 Å². The minimum atomic E-state index is -1.22. The lowest BCUT2D eigenvalue weighted by atomic mass is 10.4. The van der Waals surface area contributed by atoms with E-state index in [1.54, 1.807) is 0 Å². The summed E-state index contributed by atoms with van der Waals surface area (Å²) in [4.78, 5) is 27.1. The van der Waals surface area contributed by atoms with Gasteiger partial charge in [0.1, 0.15) is 0 Å². The van der Waals surface area contributed by atoms with E-state index in [9.17, 15) is 9.59 Å². The van der Waals surface area contributed by atoms with Crippen LogP contribution in [0, 0.1) is 0 Å². The molecular weight excluding hydrogens is 162 g/mol. The second kappa shape index (κ2) is 3.04. The Morgan fingerprint density at radius 3 is 2.92 bits per heavy atom. The first kappa shape index (κ1) is 8.25. The predicted molar refractivity (Wildman–Crippen MR) is 41.4 cm³/mol. The molecule has 64 valence electrons. The van der Waals surface area contributed by atoms with Crippen LogP contribution in [-0.4, -0.2) is 28.1 Å². The smallest absolute Gasteiger partial charge is 0.354 e. The third-order valence-electron chi connectivity index (χ3n) is 1.20. The van der Waals surface area contributed by atoms with Gasteiger partial charge in [0.2, 0.25) is 5.95 Å². The van der Waals surface area contributed by atoms with Crippen molar-refractivity contribution in [3.05, 3.63) is 22.1 Å². The van der Waals surface area contributed by atoms with Crippen molar-refractivity contribution in [2.45, 2.75) is 0 Å². The van der Waals surface area contributed by atoms with Crippen LogP contribution in [0.25, 0.3) is 0 Å². The molecule has 0 aliphatic heterocycles. The van der Waals surface area contributed by atoms with E-state index in [1.165, 1.54) is 7.05 Å². The van der Waals surface area contributed by atoms with Gasteiger partial charge >= 0.3 is 5.97 Å². The van der Waals surface area contributed by atoms with Gasteiger partial charge in [0.05, 0.1) is 0 Å². The fourth-order valence-corrected chi connectivity index (χ4v) is 0.686. The van der Waals surface area contributed by atoms with Crippen LogP contribution in [0.5, 0.6) is 0 Å². The lowest BCUT2D eigenvalue weighted by molar-refractivity contribution is 0.0690. The highest BCUT2D eigenvalue weighted by molar-refractivity contribution is 5.85. The largest absolute Gasteiger partial charge is 0.477 e. The van der Waals surface area contributed by atoms with Gasteiger partial charge in [-0.2, -0.15) is 0 Å². The van der Waals surface area contributed by atoms with Crippen molar-refractivity contribution >= 4 is 11.9 Å². The zero-order valence-electron chi connectivity index (χ0n) is 6.29. The van der Waals surface area contributed by atoms with Crippen molar-refractivity contribution in [1.29, 1.82) is 0 Å². The van der Waals surface area contributed by atoms with Crippen molar-refractivity contribution in [2.75, 3.05) is 12.4 Å². The Bertz CT molecular complexity index is 357. The Morgan fingerprint density at radius 1 is 1.75 bits per heavy atom. The number of carbonyl (C=O) groups is 1. The number of rotatable bonds is 2. The normalized spacial score (nSPS) is 9.42. The number of hydrogen-bond acceptors (Lipinski definition) is 4. The van der Waals surface area contributed by atoms with Crippen LogP contribution >= 0.6 is 0 Å². The molecule has 3 N–H and O–H groups in total. The second-order valence-corrected chi connectivity index (χ2v) is 2.03. The second-order valence-electron chi connectivity index (χ2n) is 2.03. The molecule has 0 fully saturated rings. The zero-order chi connectivity index (χ0) is 9.14. The van der Waals surface area contributed by atoms with Gasteiger partial charge in [0.25, 0.3) is 5.56 Å². The topological polar surface area (TPSA) is 95.1 Å². The van der Waals surface area contributed by atoms with E-state index in [4.69, 9.17) is 5.11 Å². The number of carboxylic acids is 1. The number of nitrogens with zero attached hydrogens (tertiary/aromatic N) is 1. The molecule has 0 amide bonds. The average molecular weight is 169 g/mol. The van der Waals surface area contributed by atoms with Crippen LogP contribution in [0.1, 0.15) is 10.5 Å². The van der Waals surface area contributed by atoms with E-state index in [0.29, 0.717) is 0 Å². The van der Waals surface area contributed by atoms with E-state index < -0.39 is 11.5 Å². The number of anilines is 1. The van der Waals surface area contributed by atoms with Gasteiger partial charge in [-0.15, -0.1) is 0 Å². The van der Waals surface area contributed by atoms with Crippen molar-refractivity contribution in [3.8, 4) is 0 Å². The van der Waals surface area contributed by atoms with E-state index in [-0.39, 0.29) is 11.6 Å². The highest BCUT2D eigenvalue weighted by Gasteiger charge is 2.06. The molecule has 0 unspecified atom stereocenters. The predicted octanol–water partition coefficient (Wildman–Crippen LogP) is -0.490. The fraction of sp³-hybridized carbons (Fsp3) is 0.167. The monoisotopic (exact) mass is 169 g/mol. The molecule has 12 heavy (non-hydrogen) atoms. The molecule has 0 aliphatic carbocycles. The Kier molecular flexibility index (Phi) is 2.09. The molecule has 1 aromatic rings. The lowest BCUT2D eigenvalue weighted by Gasteiger charge is -1.98. The molecule has 1 heterocycles. The summed E-state index contributed by atoms with van der Waals surface area (Å²) in [5.74, 6) is -1.09. The molecule has 0 bridgehead atoms. The summed E-state index contributed by atoms with van der Waals surface area (Å²) in [7, 11) is 1.53. The minimum Gasteiger partial charge on any atom is -0.477 e. The number of hydrogen-bond donors (Lipinski definition) is 3. The lowest BCUT2D eigenvalue weighted by Crippen LogP contribution is -2.14. The number of aromatic carboxylic acids is 1. The molecule has 6 nitrogen and oxygen atoms in total. The maximum absolute atomic E-state index is 10.8. The van der Waals surface area contributed by atoms with Crippen molar-refractivity contribution in [1.82, 2.24) is 9.97 Å². The van der Waals surface area contributed by atoms with Gasteiger partial charge in [-0.05, 0) is 0 Å². The Labute approximate surface area is 67.3 Å². The summed E-state index contributed by atoms with van der Waals surface area (Å²) in [5, 5.41) is 11.0. The molecule has 6 heteroatoms. The Hall–Kier alpha value is -1.85. The quantitative estimate of drug-likeness (QED) is 0.555. The molecule has 0 radical (unpaired) electrons. The number of carboxylic acid groups (broad SMARTS) is 1. The molecule has 0 saturated heterocycles. The van der Waals surface area contributed by atoms with E-state index >= 15 is 0 Å². The standard InChI is InChI=1S/C6H7N3O3/c1-7-6-8-3(5(11)12)2-4(10)9-6/h2H,1H3,(H,11,12)(H2,7,8,9,10). The number of H-pyrrole nitrogens is 1. The molecular formula is C6H7N3O3. The molecule has 1 aromatic heterocycles. The molecule has 0 aliphatic rings. The number of aromatic amines is 1. The van der Waals surface area contributed by atoms with Crippen molar-refractivity contribution in [2.24, 2.45) is 0 Å². The molecule has 0 atom stereocenters. The third-order valence-corrected chi connectivity index (χ3v) is 1.20. The van der Waals surface area contributed by atoms with Crippen LogP contribution in [0.2, 0.25) is 0 Å². The summed E-state index contributed by atoms with van der Waals surface area (Å²) in [5.41, 5.74) is -0.769. The number of aromatic nitrogens is 2. The maximum atomic E-state index is 10.8. The van der Waals surface area contributed by atoms with Gasteiger partial charge < -0.3 is 10.4 Å². The summed E-state index contributed by atoms with van der Waals surface area (Å²) in [6, 6.07) is 0.920. The molecule has 0 spiro atoms. The van der Waals surface area contributed by atoms with Crippen LogP contribution in [0.4, 0.5) is 5.95 Å². The van der Waals surface area contributed by atoms with Gasteiger partial charge in [-0.1, -0.05) is 0 Å². The average Bonchev–Trinajstić information content (AvgIpc) is 2.03. The van der Waals surface area contributed by atoms with Gasteiger partial charge in [0.15, 0.2) is 5.69 Å². The SMILES string of the molecule is CNc1nc(C(=O)O)cc(=O)[nH]1. The third kappa shape index (κ3) is 1.60. The summed E-state index contributed by atoms with van der Waals surface area (Å²) < 4.78 is 0. The summed E-state index contributed by atoms with van der Waals surface area (Å²) >= 11 is 0. The van der Waals surface area contributed by atoms with Gasteiger partial charge in [0, 0.05) is 13.1 Å². The van der Waals surface area contributed by atoms with Crippen LogP contribution in [-0.2, 0) is 0 Å². The van der Waals surface area contributed by atoms with E-state index in [0.717, 1.165) is 6.07 Å². The van der Waals surface area contributed by atoms with Crippen molar-refractivity contribution < 1.29 is 9.90 Å². The molecule has 0 aromatic carbocycles. The first-order valence-corrected chi connectivity index (χ1v) is 3.16. The summed E-state index contributed by atoms with van der Waals surface area (Å²) in [6.45, 7) is 0. The van der Waals surface area contributed by atoms with E-state index in [1.807, 2.05) is 0 Å². The van der Waals surface area contributed by atoms with Gasteiger partial charge in [-0.25, -0.2) is 9.78 Å². The minimum absolute atomic E-state index is 0.139. The van der Waals surface area contributed by atoms with Crippen molar-refractivity contribution in [3.63, 3.8) is 0 Å². The molecule has 1 rings (SSSR count). The van der Waals surface area contributed by atoms with Gasteiger partial charge in [-0.3, -0.25) is 9.78 Å². The van der Waals surface area contributed by atoms with Crippen LogP contribution in [0.15, 0.2) is 10.9 Å². The first-order chi connectivity index (χ1) is 5.63. The van der Waals surface area contributed by atoms with E-state index in [2.05, 4.69) is 15.3 Å². The molecule has 0 saturated carbocycles. The Morgan fingerprint density at radius 2 is 2.42 bits per heavy atom. The fourth-order valence-electron chi connectivity index (χ4n) is 0.686. The Balaban J connectivity index is 3.24. The highest BCUT2D eigenvalue weighted by Crippen LogP contribution is 1.94. The highest BCUT2D eigenvalue weighted by atomic mass is 16.4. The zero-order valence-corrected chi connectivity index (χ0v) is 6.29. The van der Waals surface area contributed by atoms with Crippen LogP contribution < -0.4 is 10.9 Å².